The van der Waals surface area contributed by atoms with Crippen LogP contribution in [0.5, 0.6) is 0 Å². The number of amides is 1. The van der Waals surface area contributed by atoms with Crippen molar-refractivity contribution in [1.82, 2.24) is 9.97 Å². The highest BCUT2D eigenvalue weighted by atomic mass is 35.5. The predicted molar refractivity (Wildman–Crippen MR) is 102 cm³/mol. The molecule has 6 nitrogen and oxygen atoms in total. The van der Waals surface area contributed by atoms with Gasteiger partial charge >= 0.3 is 0 Å². The third kappa shape index (κ3) is 3.27. The molecule has 0 bridgehead atoms. The minimum atomic E-state index is -0.858. The van der Waals surface area contributed by atoms with E-state index < -0.39 is 6.17 Å². The summed E-state index contributed by atoms with van der Waals surface area (Å²) in [6.07, 6.45) is 0.471. The van der Waals surface area contributed by atoms with Crippen LogP contribution in [0.2, 0.25) is 5.15 Å². The van der Waals surface area contributed by atoms with Gasteiger partial charge in [0.05, 0.1) is 11.4 Å². The molecule has 1 unspecified atom stereocenters. The molecule has 0 saturated heterocycles. The largest absolute Gasteiger partial charge is 0.341 e. The Morgan fingerprint density at radius 1 is 1.00 bits per heavy atom. The van der Waals surface area contributed by atoms with Crippen LogP contribution in [-0.4, -0.2) is 27.8 Å². The Kier molecular flexibility index (Phi) is 4.33. The standard InChI is InChI=1S/C19H14ClN5O/c20-15-10-16(22-11-21-15)24-18-19(26)23-14-9-5-4-8-13(14)17(25-18)12-6-2-1-3-7-12/h1-11,18H,(H,23,26)(H,21,22,24). The summed E-state index contributed by atoms with van der Waals surface area (Å²) in [5.74, 6) is 0.144. The molecule has 3 aromatic rings. The van der Waals surface area contributed by atoms with Gasteiger partial charge in [0.25, 0.3) is 5.91 Å². The third-order valence-electron chi connectivity index (χ3n) is 3.91. The SMILES string of the molecule is O=C1Nc2ccccc2C(c2ccccc2)=NC1Nc1cc(Cl)ncn1. The number of hydrogen-bond donors (Lipinski definition) is 2. The summed E-state index contributed by atoms with van der Waals surface area (Å²) in [4.78, 5) is 25.3. The van der Waals surface area contributed by atoms with E-state index in [1.165, 1.54) is 6.33 Å². The Morgan fingerprint density at radius 3 is 2.58 bits per heavy atom. The predicted octanol–water partition coefficient (Wildman–Crippen LogP) is 3.36. The Labute approximate surface area is 155 Å². The maximum Gasteiger partial charge on any atom is 0.269 e. The average molecular weight is 364 g/mol. The van der Waals surface area contributed by atoms with Crippen LogP contribution in [0.1, 0.15) is 11.1 Å². The molecule has 26 heavy (non-hydrogen) atoms. The van der Waals surface area contributed by atoms with Crippen LogP contribution in [0.3, 0.4) is 0 Å². The molecular formula is C19H14ClN5O. The number of benzodiazepines with no additional fused rings is 1. The number of aromatic nitrogens is 2. The van der Waals surface area contributed by atoms with Gasteiger partial charge in [-0.05, 0) is 6.07 Å². The van der Waals surface area contributed by atoms with Crippen molar-refractivity contribution >= 4 is 34.7 Å². The molecule has 0 saturated carbocycles. The molecule has 2 N–H and O–H groups in total. The number of fused-ring (bicyclic) bond motifs is 1. The molecule has 1 aliphatic heterocycles. The fourth-order valence-electron chi connectivity index (χ4n) is 2.73. The van der Waals surface area contributed by atoms with Gasteiger partial charge < -0.3 is 10.6 Å². The van der Waals surface area contributed by atoms with Gasteiger partial charge in [-0.2, -0.15) is 0 Å². The van der Waals surface area contributed by atoms with Gasteiger partial charge in [0.15, 0.2) is 0 Å². The highest BCUT2D eigenvalue weighted by Gasteiger charge is 2.25. The quantitative estimate of drug-likeness (QED) is 0.699. The molecule has 0 spiro atoms. The smallest absolute Gasteiger partial charge is 0.269 e. The molecule has 2 aromatic carbocycles. The van der Waals surface area contributed by atoms with Crippen molar-refractivity contribution in [3.05, 3.63) is 83.3 Å². The molecule has 0 aliphatic carbocycles. The lowest BCUT2D eigenvalue weighted by Gasteiger charge is -2.13. The number of rotatable bonds is 3. The van der Waals surface area contributed by atoms with Crippen molar-refractivity contribution < 1.29 is 4.79 Å². The number of para-hydroxylation sites is 1. The molecule has 0 fully saturated rings. The second-order valence-corrected chi connectivity index (χ2v) is 6.04. The summed E-state index contributed by atoms with van der Waals surface area (Å²) in [5.41, 5.74) is 3.21. The number of nitrogens with one attached hydrogen (secondary N) is 2. The maximum absolute atomic E-state index is 12.7. The molecule has 1 aromatic heterocycles. The molecule has 2 heterocycles. The van der Waals surface area contributed by atoms with E-state index in [-0.39, 0.29) is 11.1 Å². The first-order valence-corrected chi connectivity index (χ1v) is 8.36. The van der Waals surface area contributed by atoms with Crippen LogP contribution in [0.15, 0.2) is 72.0 Å². The van der Waals surface area contributed by atoms with Gasteiger partial charge in [-0.25, -0.2) is 15.0 Å². The van der Waals surface area contributed by atoms with Crippen LogP contribution >= 0.6 is 11.6 Å². The fraction of sp³-hybridized carbons (Fsp3) is 0.0526. The van der Waals surface area contributed by atoms with E-state index in [0.29, 0.717) is 11.5 Å². The minimum absolute atomic E-state index is 0.280. The number of aliphatic imine (C=N–C) groups is 1. The van der Waals surface area contributed by atoms with Gasteiger partial charge in [0, 0.05) is 17.2 Å². The van der Waals surface area contributed by atoms with E-state index in [1.807, 2.05) is 54.6 Å². The number of benzene rings is 2. The normalized spacial score (nSPS) is 16.1. The second kappa shape index (κ2) is 6.93. The zero-order valence-electron chi connectivity index (χ0n) is 13.6. The van der Waals surface area contributed by atoms with Crippen molar-refractivity contribution in [2.24, 2.45) is 4.99 Å². The van der Waals surface area contributed by atoms with Crippen molar-refractivity contribution in [1.29, 1.82) is 0 Å². The van der Waals surface area contributed by atoms with Crippen LogP contribution in [0.25, 0.3) is 0 Å². The number of nitrogens with zero attached hydrogens (tertiary/aromatic N) is 3. The van der Waals surface area contributed by atoms with Crippen molar-refractivity contribution in [3.63, 3.8) is 0 Å². The lowest BCUT2D eigenvalue weighted by Crippen LogP contribution is -2.32. The zero-order chi connectivity index (χ0) is 17.9. The Bertz CT molecular complexity index is 990. The number of carbonyl (C=O) groups is 1. The molecule has 4 rings (SSSR count). The van der Waals surface area contributed by atoms with Crippen molar-refractivity contribution in [2.45, 2.75) is 6.17 Å². The number of hydrogen-bond acceptors (Lipinski definition) is 5. The van der Waals surface area contributed by atoms with Gasteiger partial charge in [0.1, 0.15) is 17.3 Å². The average Bonchev–Trinajstić information content (AvgIpc) is 2.79. The summed E-state index contributed by atoms with van der Waals surface area (Å²) in [5, 5.41) is 6.21. The van der Waals surface area contributed by atoms with E-state index in [1.54, 1.807) is 6.07 Å². The topological polar surface area (TPSA) is 79.3 Å². The summed E-state index contributed by atoms with van der Waals surface area (Å²) in [6, 6.07) is 18.9. The summed E-state index contributed by atoms with van der Waals surface area (Å²) >= 11 is 5.90. The maximum atomic E-state index is 12.7. The third-order valence-corrected chi connectivity index (χ3v) is 4.12. The lowest BCUT2D eigenvalue weighted by atomic mass is 10.0. The molecule has 1 aliphatic rings. The molecule has 128 valence electrons. The lowest BCUT2D eigenvalue weighted by molar-refractivity contribution is -0.116. The van der Waals surface area contributed by atoms with E-state index in [9.17, 15) is 4.79 Å². The van der Waals surface area contributed by atoms with Crippen LogP contribution in [0, 0.1) is 0 Å². The highest BCUT2D eigenvalue weighted by molar-refractivity contribution is 6.29. The van der Waals surface area contributed by atoms with Crippen molar-refractivity contribution in [2.75, 3.05) is 10.6 Å². The number of halogens is 1. The Morgan fingerprint density at radius 2 is 1.77 bits per heavy atom. The number of carbonyl (C=O) groups excluding carboxylic acids is 1. The van der Waals surface area contributed by atoms with Gasteiger partial charge in [0.2, 0.25) is 6.17 Å². The minimum Gasteiger partial charge on any atom is -0.341 e. The monoisotopic (exact) mass is 363 g/mol. The molecule has 0 radical (unpaired) electrons. The van der Waals surface area contributed by atoms with E-state index >= 15 is 0 Å². The fourth-order valence-corrected chi connectivity index (χ4v) is 2.88. The van der Waals surface area contributed by atoms with Crippen molar-refractivity contribution in [3.8, 4) is 0 Å². The Balaban J connectivity index is 1.79. The summed E-state index contributed by atoms with van der Waals surface area (Å²) in [6.45, 7) is 0. The first-order chi connectivity index (χ1) is 12.7. The van der Waals surface area contributed by atoms with Crippen LogP contribution in [0.4, 0.5) is 11.5 Å². The highest BCUT2D eigenvalue weighted by Crippen LogP contribution is 2.24. The zero-order valence-corrected chi connectivity index (χ0v) is 14.3. The Hall–Kier alpha value is -3.25. The van der Waals surface area contributed by atoms with Crippen LogP contribution in [-0.2, 0) is 4.79 Å². The molecule has 1 atom stereocenters. The van der Waals surface area contributed by atoms with Gasteiger partial charge in [-0.15, -0.1) is 0 Å². The van der Waals surface area contributed by atoms with E-state index in [2.05, 4.69) is 25.6 Å². The van der Waals surface area contributed by atoms with E-state index in [4.69, 9.17) is 11.6 Å². The first-order valence-electron chi connectivity index (χ1n) is 7.98. The summed E-state index contributed by atoms with van der Waals surface area (Å²) < 4.78 is 0. The van der Waals surface area contributed by atoms with Gasteiger partial charge in [-0.1, -0.05) is 60.1 Å². The molecular weight excluding hydrogens is 350 g/mol. The van der Waals surface area contributed by atoms with Gasteiger partial charge in [-0.3, -0.25) is 4.79 Å². The molecule has 1 amide bonds. The number of anilines is 2. The summed E-state index contributed by atoms with van der Waals surface area (Å²) in [7, 11) is 0. The van der Waals surface area contributed by atoms with Crippen LogP contribution < -0.4 is 10.6 Å². The second-order valence-electron chi connectivity index (χ2n) is 5.65. The van der Waals surface area contributed by atoms with E-state index in [0.717, 1.165) is 16.8 Å². The first kappa shape index (κ1) is 16.2. The molecule has 7 heteroatoms.